The monoisotopic (exact) mass is 167 g/mol. The first-order valence-corrected chi connectivity index (χ1v) is 3.71. The third-order valence-electron chi connectivity index (χ3n) is 1.62. The zero-order valence-corrected chi connectivity index (χ0v) is 7.20. The molecule has 0 aromatic carbocycles. The van der Waals surface area contributed by atoms with Crippen LogP contribution in [0.3, 0.4) is 0 Å². The fraction of sp³-hybridized carbons (Fsp3) is 0.429. The molecule has 1 atom stereocenters. The number of hydrogen-bond donors (Lipinski definition) is 3. The molecule has 0 saturated carbocycles. The summed E-state index contributed by atoms with van der Waals surface area (Å²) in [4.78, 5) is 3.79. The van der Waals surface area contributed by atoms with Gasteiger partial charge in [-0.05, 0) is 6.92 Å². The van der Waals surface area contributed by atoms with Gasteiger partial charge in [-0.2, -0.15) is 5.10 Å². The zero-order chi connectivity index (χ0) is 8.97. The fourth-order valence-corrected chi connectivity index (χ4v) is 0.867. The van der Waals surface area contributed by atoms with Crippen molar-refractivity contribution in [3.05, 3.63) is 18.0 Å². The number of H-pyrrole nitrogens is 1. The Morgan fingerprint density at radius 3 is 3.08 bits per heavy atom. The Kier molecular flexibility index (Phi) is 2.68. The molecule has 4 N–H and O–H groups in total. The molecule has 1 rings (SSSR count). The summed E-state index contributed by atoms with van der Waals surface area (Å²) in [6.45, 7) is 1.99. The van der Waals surface area contributed by atoms with Crippen LogP contribution in [-0.4, -0.2) is 23.2 Å². The molecule has 0 bridgehead atoms. The Balaban J connectivity index is 2.55. The lowest BCUT2D eigenvalue weighted by Crippen LogP contribution is -2.33. The molecule has 0 amide bonds. The number of nitrogens with one attached hydrogen (secondary N) is 2. The van der Waals surface area contributed by atoms with E-state index in [0.717, 1.165) is 5.56 Å². The van der Waals surface area contributed by atoms with E-state index in [1.807, 2.05) is 13.1 Å². The van der Waals surface area contributed by atoms with Crippen LogP contribution >= 0.6 is 0 Å². The zero-order valence-electron chi connectivity index (χ0n) is 7.20. The second-order valence-corrected chi connectivity index (χ2v) is 2.51. The number of aromatic amines is 1. The lowest BCUT2D eigenvalue weighted by molar-refractivity contribution is 0.711. The van der Waals surface area contributed by atoms with Gasteiger partial charge in [0.25, 0.3) is 0 Å². The molecule has 0 saturated heterocycles. The van der Waals surface area contributed by atoms with Crippen molar-refractivity contribution in [2.75, 3.05) is 7.05 Å². The highest BCUT2D eigenvalue weighted by molar-refractivity contribution is 5.78. The van der Waals surface area contributed by atoms with Gasteiger partial charge in [-0.1, -0.05) is 0 Å². The van der Waals surface area contributed by atoms with Crippen LogP contribution in [0.5, 0.6) is 0 Å². The van der Waals surface area contributed by atoms with Crippen molar-refractivity contribution in [1.82, 2.24) is 15.5 Å². The first-order valence-electron chi connectivity index (χ1n) is 3.71. The molecule has 1 aromatic rings. The second kappa shape index (κ2) is 3.75. The van der Waals surface area contributed by atoms with Crippen molar-refractivity contribution in [2.45, 2.75) is 13.0 Å². The van der Waals surface area contributed by atoms with E-state index in [-0.39, 0.29) is 6.04 Å². The van der Waals surface area contributed by atoms with E-state index in [1.54, 1.807) is 13.2 Å². The molecule has 0 aliphatic rings. The summed E-state index contributed by atoms with van der Waals surface area (Å²) in [6, 6.07) is 0.132. The second-order valence-electron chi connectivity index (χ2n) is 2.51. The van der Waals surface area contributed by atoms with E-state index in [0.29, 0.717) is 5.96 Å². The molecule has 1 unspecified atom stereocenters. The smallest absolute Gasteiger partial charge is 0.188 e. The highest BCUT2D eigenvalue weighted by Gasteiger charge is 2.05. The van der Waals surface area contributed by atoms with Gasteiger partial charge >= 0.3 is 0 Å². The minimum atomic E-state index is 0.132. The molecule has 0 aliphatic heterocycles. The molecular formula is C7H13N5. The average molecular weight is 167 g/mol. The normalized spacial score (nSPS) is 14.3. The Morgan fingerprint density at radius 2 is 2.58 bits per heavy atom. The van der Waals surface area contributed by atoms with Crippen LogP contribution in [0.2, 0.25) is 0 Å². The Morgan fingerprint density at radius 1 is 1.83 bits per heavy atom. The molecule has 0 spiro atoms. The van der Waals surface area contributed by atoms with Crippen LogP contribution in [0.4, 0.5) is 0 Å². The Labute approximate surface area is 71.1 Å². The first-order chi connectivity index (χ1) is 5.74. The summed E-state index contributed by atoms with van der Waals surface area (Å²) in [6.07, 6.45) is 3.57. The highest BCUT2D eigenvalue weighted by atomic mass is 15.1. The van der Waals surface area contributed by atoms with Gasteiger partial charge in [-0.15, -0.1) is 0 Å². The summed E-state index contributed by atoms with van der Waals surface area (Å²) in [5.74, 6) is 0.434. The van der Waals surface area contributed by atoms with E-state index < -0.39 is 0 Å². The molecule has 5 nitrogen and oxygen atoms in total. The third kappa shape index (κ3) is 1.98. The summed E-state index contributed by atoms with van der Waals surface area (Å²) >= 11 is 0. The van der Waals surface area contributed by atoms with Crippen molar-refractivity contribution < 1.29 is 0 Å². The molecule has 12 heavy (non-hydrogen) atoms. The van der Waals surface area contributed by atoms with Crippen molar-refractivity contribution in [2.24, 2.45) is 10.7 Å². The number of rotatable bonds is 2. The van der Waals surface area contributed by atoms with Crippen LogP contribution in [0.1, 0.15) is 18.5 Å². The van der Waals surface area contributed by atoms with E-state index in [2.05, 4.69) is 20.5 Å². The first kappa shape index (κ1) is 8.58. The summed E-state index contributed by atoms with van der Waals surface area (Å²) in [5, 5.41) is 9.56. The maximum atomic E-state index is 5.49. The summed E-state index contributed by atoms with van der Waals surface area (Å²) < 4.78 is 0. The van der Waals surface area contributed by atoms with Gasteiger partial charge in [0.05, 0.1) is 12.2 Å². The lowest BCUT2D eigenvalue weighted by Gasteiger charge is -2.11. The standard InChI is InChI=1S/C7H13N5/c1-5(12-7(8)9-2)6-3-10-11-4-6/h3-5H,1-2H3,(H,10,11)(H3,8,9,12). The number of hydrogen-bond acceptors (Lipinski definition) is 2. The van der Waals surface area contributed by atoms with Crippen molar-refractivity contribution >= 4 is 5.96 Å². The van der Waals surface area contributed by atoms with E-state index in [1.165, 1.54) is 0 Å². The predicted octanol–water partition coefficient (Wildman–Crippen LogP) is 0.00480. The molecule has 1 heterocycles. The van der Waals surface area contributed by atoms with Gasteiger partial charge in [-0.25, -0.2) is 0 Å². The largest absolute Gasteiger partial charge is 0.370 e. The molecule has 1 aromatic heterocycles. The minimum Gasteiger partial charge on any atom is -0.370 e. The Hall–Kier alpha value is -1.52. The van der Waals surface area contributed by atoms with Crippen LogP contribution in [-0.2, 0) is 0 Å². The van der Waals surface area contributed by atoms with Gasteiger partial charge in [0.2, 0.25) is 0 Å². The number of nitrogens with two attached hydrogens (primary N) is 1. The van der Waals surface area contributed by atoms with Crippen molar-refractivity contribution in [1.29, 1.82) is 0 Å². The van der Waals surface area contributed by atoms with Crippen LogP contribution < -0.4 is 11.1 Å². The third-order valence-corrected chi connectivity index (χ3v) is 1.62. The topological polar surface area (TPSA) is 79.1 Å². The molecule has 0 fully saturated rings. The van der Waals surface area contributed by atoms with Gasteiger partial charge in [0.1, 0.15) is 0 Å². The van der Waals surface area contributed by atoms with Crippen LogP contribution in [0.15, 0.2) is 17.4 Å². The number of aliphatic imine (C=N–C) groups is 1. The highest BCUT2D eigenvalue weighted by Crippen LogP contribution is 2.07. The van der Waals surface area contributed by atoms with Crippen molar-refractivity contribution in [3.8, 4) is 0 Å². The molecule has 0 radical (unpaired) electrons. The number of guanidine groups is 1. The van der Waals surface area contributed by atoms with Gasteiger partial charge in [-0.3, -0.25) is 10.1 Å². The predicted molar refractivity (Wildman–Crippen MR) is 47.7 cm³/mol. The van der Waals surface area contributed by atoms with Crippen LogP contribution in [0.25, 0.3) is 0 Å². The SMILES string of the molecule is CN=C(N)NC(C)c1cn[nH]c1. The summed E-state index contributed by atoms with van der Waals surface area (Å²) in [5.41, 5.74) is 6.55. The molecule has 66 valence electrons. The van der Waals surface area contributed by atoms with Crippen molar-refractivity contribution in [3.63, 3.8) is 0 Å². The molecule has 5 heteroatoms. The summed E-state index contributed by atoms with van der Waals surface area (Å²) in [7, 11) is 1.64. The van der Waals surface area contributed by atoms with Gasteiger partial charge in [0, 0.05) is 18.8 Å². The van der Waals surface area contributed by atoms with E-state index in [9.17, 15) is 0 Å². The molecule has 0 aliphatic carbocycles. The quantitative estimate of drug-likeness (QED) is 0.428. The van der Waals surface area contributed by atoms with Gasteiger partial charge in [0.15, 0.2) is 5.96 Å². The van der Waals surface area contributed by atoms with E-state index >= 15 is 0 Å². The Bertz CT molecular complexity index is 251. The van der Waals surface area contributed by atoms with Gasteiger partial charge < -0.3 is 11.1 Å². The van der Waals surface area contributed by atoms with Crippen LogP contribution in [0, 0.1) is 0 Å². The lowest BCUT2D eigenvalue weighted by atomic mass is 10.2. The minimum absolute atomic E-state index is 0.132. The maximum absolute atomic E-state index is 5.49. The number of nitrogens with zero attached hydrogens (tertiary/aromatic N) is 2. The average Bonchev–Trinajstić information content (AvgIpc) is 2.56. The maximum Gasteiger partial charge on any atom is 0.188 e. The molecular weight excluding hydrogens is 154 g/mol. The number of aromatic nitrogens is 2. The fourth-order valence-electron chi connectivity index (χ4n) is 0.867. The van der Waals surface area contributed by atoms with E-state index in [4.69, 9.17) is 5.73 Å².